The van der Waals surface area contributed by atoms with E-state index in [4.69, 9.17) is 0 Å². The molecule has 0 bridgehead atoms. The van der Waals surface area contributed by atoms with Crippen LogP contribution in [-0.4, -0.2) is 30.4 Å². The van der Waals surface area contributed by atoms with Crippen molar-refractivity contribution in [3.8, 4) is 11.3 Å². The molecule has 1 aliphatic heterocycles. The summed E-state index contributed by atoms with van der Waals surface area (Å²) < 4.78 is 1.95. The van der Waals surface area contributed by atoms with E-state index in [9.17, 15) is 9.90 Å². The molecule has 1 aliphatic rings. The van der Waals surface area contributed by atoms with Gasteiger partial charge in [0.05, 0.1) is 23.4 Å². The number of aromatic nitrogens is 4. The molecule has 4 heterocycles. The Bertz CT molecular complexity index is 1180. The number of aliphatic hydroxyl groups is 1. The first-order chi connectivity index (χ1) is 13.2. The van der Waals surface area contributed by atoms with Crippen LogP contribution >= 0.6 is 11.3 Å². The fourth-order valence-corrected chi connectivity index (χ4v) is 3.82. The lowest BCUT2D eigenvalue weighted by Gasteiger charge is -2.10. The summed E-state index contributed by atoms with van der Waals surface area (Å²) in [5, 5.41) is 15.8. The summed E-state index contributed by atoms with van der Waals surface area (Å²) in [5.41, 5.74) is 4.21. The molecule has 1 aromatic carbocycles. The number of carbonyl (C=O) groups is 1. The highest BCUT2D eigenvalue weighted by molar-refractivity contribution is 7.15. The van der Waals surface area contributed by atoms with Crippen LogP contribution < -0.4 is 10.6 Å². The second kappa shape index (κ2) is 6.15. The number of carbonyl (C=O) groups excluding carboxylic acids is 1. The summed E-state index contributed by atoms with van der Waals surface area (Å²) >= 11 is 1.36. The largest absolute Gasteiger partial charge is 0.391 e. The monoisotopic (exact) mass is 378 g/mol. The molecular formula is C18H14N6O2S. The van der Waals surface area contributed by atoms with Crippen LogP contribution in [0, 0.1) is 0 Å². The molecule has 0 fully saturated rings. The Labute approximate surface area is 157 Å². The third-order valence-electron chi connectivity index (χ3n) is 4.45. The molecule has 0 unspecified atom stereocenters. The topological polar surface area (TPSA) is 104 Å². The highest BCUT2D eigenvalue weighted by atomic mass is 32.1. The predicted octanol–water partition coefficient (Wildman–Crippen LogP) is 2.33. The minimum absolute atomic E-state index is 0.0345. The molecule has 3 aromatic heterocycles. The number of aliphatic hydroxyl groups excluding tert-OH is 1. The van der Waals surface area contributed by atoms with E-state index in [1.165, 1.54) is 11.3 Å². The van der Waals surface area contributed by atoms with Gasteiger partial charge < -0.3 is 15.7 Å². The Balaban J connectivity index is 1.56. The second-order valence-corrected chi connectivity index (χ2v) is 7.20. The van der Waals surface area contributed by atoms with Crippen LogP contribution in [0.25, 0.3) is 16.9 Å². The number of benzene rings is 1. The van der Waals surface area contributed by atoms with Crippen molar-refractivity contribution in [2.75, 3.05) is 5.32 Å². The lowest BCUT2D eigenvalue weighted by molar-refractivity contribution is 0.0966. The Hall–Kier alpha value is -3.30. The van der Waals surface area contributed by atoms with Crippen molar-refractivity contribution < 1.29 is 9.90 Å². The zero-order valence-electron chi connectivity index (χ0n) is 14.0. The molecule has 5 rings (SSSR count). The summed E-state index contributed by atoms with van der Waals surface area (Å²) in [7, 11) is 0. The quantitative estimate of drug-likeness (QED) is 0.503. The van der Waals surface area contributed by atoms with Crippen LogP contribution in [0.1, 0.15) is 20.8 Å². The van der Waals surface area contributed by atoms with Gasteiger partial charge in [-0.1, -0.05) is 17.4 Å². The molecule has 9 heteroatoms. The first-order valence-electron chi connectivity index (χ1n) is 8.29. The third kappa shape index (κ3) is 2.64. The first kappa shape index (κ1) is 15.9. The number of thiazole rings is 1. The van der Waals surface area contributed by atoms with Gasteiger partial charge in [-0.3, -0.25) is 9.20 Å². The summed E-state index contributed by atoms with van der Waals surface area (Å²) in [4.78, 5) is 25.7. The molecule has 0 saturated carbocycles. The first-order valence-corrected chi connectivity index (χ1v) is 9.11. The van der Waals surface area contributed by atoms with Gasteiger partial charge in [-0.2, -0.15) is 0 Å². The van der Waals surface area contributed by atoms with E-state index in [0.29, 0.717) is 23.1 Å². The molecule has 1 amide bonds. The van der Waals surface area contributed by atoms with Crippen LogP contribution in [0.5, 0.6) is 0 Å². The van der Waals surface area contributed by atoms with Crippen molar-refractivity contribution in [1.82, 2.24) is 24.7 Å². The molecule has 0 atom stereocenters. The van der Waals surface area contributed by atoms with E-state index in [1.54, 1.807) is 18.6 Å². The number of nitrogens with one attached hydrogen (secondary N) is 2. The van der Waals surface area contributed by atoms with Gasteiger partial charge in [0.15, 0.2) is 16.6 Å². The zero-order chi connectivity index (χ0) is 18.4. The Morgan fingerprint density at radius 2 is 2.19 bits per heavy atom. The lowest BCUT2D eigenvalue weighted by atomic mass is 10.0. The number of nitrogens with zero attached hydrogens (tertiary/aromatic N) is 4. The van der Waals surface area contributed by atoms with Crippen LogP contribution in [0.3, 0.4) is 0 Å². The molecule has 0 spiro atoms. The number of hydrogen-bond acceptors (Lipinski definition) is 7. The fourth-order valence-electron chi connectivity index (χ4n) is 3.15. The maximum atomic E-state index is 11.8. The number of rotatable bonds is 4. The zero-order valence-corrected chi connectivity index (χ0v) is 14.8. The second-order valence-electron chi connectivity index (χ2n) is 6.08. The number of anilines is 2. The van der Waals surface area contributed by atoms with Crippen LogP contribution in [0.4, 0.5) is 10.9 Å². The normalized spacial score (nSPS) is 13.0. The standard InChI is InChI=1S/C18H14N6O2S/c25-9-12-7-22-18(27-12)23-15-16-19-3-4-24(16)14(8-20-15)10-1-2-13-11(5-10)6-21-17(13)26/h1-5,7-8,25H,6,9H2,(H,21,26)(H,20,22,23). The van der Waals surface area contributed by atoms with E-state index in [-0.39, 0.29) is 12.5 Å². The van der Waals surface area contributed by atoms with Gasteiger partial charge in [0.1, 0.15) is 0 Å². The maximum Gasteiger partial charge on any atom is 0.251 e. The van der Waals surface area contributed by atoms with E-state index in [0.717, 1.165) is 27.3 Å². The average Bonchev–Trinajstić information content (AvgIpc) is 3.42. The molecular weight excluding hydrogens is 364 g/mol. The summed E-state index contributed by atoms with van der Waals surface area (Å²) in [6.07, 6.45) is 6.98. The van der Waals surface area contributed by atoms with Crippen molar-refractivity contribution in [1.29, 1.82) is 0 Å². The van der Waals surface area contributed by atoms with Crippen molar-refractivity contribution in [3.63, 3.8) is 0 Å². The van der Waals surface area contributed by atoms with Gasteiger partial charge >= 0.3 is 0 Å². The Morgan fingerprint density at radius 3 is 3.04 bits per heavy atom. The third-order valence-corrected chi connectivity index (χ3v) is 5.35. The SMILES string of the molecule is O=C1NCc2cc(-c3cnc(Nc4ncc(CO)s4)c4nccn34)ccc21. The van der Waals surface area contributed by atoms with E-state index in [2.05, 4.69) is 25.6 Å². The summed E-state index contributed by atoms with van der Waals surface area (Å²) in [6, 6.07) is 5.76. The van der Waals surface area contributed by atoms with Crippen molar-refractivity contribution in [2.24, 2.45) is 0 Å². The number of hydrogen-bond donors (Lipinski definition) is 3. The summed E-state index contributed by atoms with van der Waals surface area (Å²) in [6.45, 7) is 0.500. The van der Waals surface area contributed by atoms with Gasteiger partial charge in [-0.05, 0) is 17.7 Å². The Kier molecular flexibility index (Phi) is 3.62. The number of imidazole rings is 1. The minimum atomic E-state index is -0.0415. The van der Waals surface area contributed by atoms with Gasteiger partial charge in [-0.15, -0.1) is 0 Å². The van der Waals surface area contributed by atoms with Crippen molar-refractivity contribution >= 4 is 33.8 Å². The average molecular weight is 378 g/mol. The van der Waals surface area contributed by atoms with Gasteiger partial charge in [0.2, 0.25) is 0 Å². The van der Waals surface area contributed by atoms with Gasteiger partial charge in [-0.25, -0.2) is 15.0 Å². The number of amides is 1. The van der Waals surface area contributed by atoms with Crippen molar-refractivity contribution in [2.45, 2.75) is 13.2 Å². The molecule has 0 radical (unpaired) electrons. The van der Waals surface area contributed by atoms with E-state index >= 15 is 0 Å². The highest BCUT2D eigenvalue weighted by Gasteiger charge is 2.20. The molecule has 3 N–H and O–H groups in total. The summed E-state index contributed by atoms with van der Waals surface area (Å²) in [5.74, 6) is 0.549. The molecule has 0 aliphatic carbocycles. The van der Waals surface area contributed by atoms with Gasteiger partial charge in [0, 0.05) is 36.3 Å². The predicted molar refractivity (Wildman–Crippen MR) is 101 cm³/mol. The highest BCUT2D eigenvalue weighted by Crippen LogP contribution is 2.29. The van der Waals surface area contributed by atoms with Crippen LogP contribution in [0.2, 0.25) is 0 Å². The Morgan fingerprint density at radius 1 is 1.26 bits per heavy atom. The molecule has 4 aromatic rings. The van der Waals surface area contributed by atoms with Crippen LogP contribution in [0.15, 0.2) is 43.0 Å². The van der Waals surface area contributed by atoms with Crippen LogP contribution in [-0.2, 0) is 13.2 Å². The smallest absolute Gasteiger partial charge is 0.251 e. The lowest BCUT2D eigenvalue weighted by Crippen LogP contribution is -2.12. The molecule has 8 nitrogen and oxygen atoms in total. The van der Waals surface area contributed by atoms with E-state index < -0.39 is 0 Å². The number of fused-ring (bicyclic) bond motifs is 2. The van der Waals surface area contributed by atoms with E-state index in [1.807, 2.05) is 28.8 Å². The molecule has 27 heavy (non-hydrogen) atoms. The van der Waals surface area contributed by atoms with Gasteiger partial charge in [0.25, 0.3) is 5.91 Å². The fraction of sp³-hybridized carbons (Fsp3) is 0.111. The molecule has 134 valence electrons. The minimum Gasteiger partial charge on any atom is -0.391 e. The maximum absolute atomic E-state index is 11.8. The van der Waals surface area contributed by atoms with Crippen molar-refractivity contribution in [3.05, 3.63) is 59.0 Å². The molecule has 0 saturated heterocycles.